The number of aromatic nitrogens is 1. The SMILES string of the molecule is O=C(NC1CCOc2cc(-c3c[nH]c4ccccc34)ccc21)O[C@@H]1CN2CCC1CC2. The number of ether oxygens (including phenoxy) is 2. The molecule has 7 rings (SSSR count). The Balaban J connectivity index is 1.19. The zero-order chi connectivity index (χ0) is 20.8. The predicted molar refractivity (Wildman–Crippen MR) is 119 cm³/mol. The van der Waals surface area contributed by atoms with E-state index in [4.69, 9.17) is 9.47 Å². The number of piperidine rings is 3. The third kappa shape index (κ3) is 3.45. The molecule has 160 valence electrons. The summed E-state index contributed by atoms with van der Waals surface area (Å²) in [6, 6.07) is 14.5. The van der Waals surface area contributed by atoms with Gasteiger partial charge in [-0.1, -0.05) is 30.3 Å². The number of hydrogen-bond donors (Lipinski definition) is 2. The molecule has 1 aromatic heterocycles. The van der Waals surface area contributed by atoms with Gasteiger partial charge in [-0.05, 0) is 49.5 Å². The van der Waals surface area contributed by atoms with Gasteiger partial charge < -0.3 is 19.8 Å². The van der Waals surface area contributed by atoms with E-state index in [-0.39, 0.29) is 18.2 Å². The van der Waals surface area contributed by atoms with Crippen molar-refractivity contribution in [3.05, 3.63) is 54.2 Å². The highest BCUT2D eigenvalue weighted by Gasteiger charge is 2.37. The molecule has 4 aliphatic rings. The van der Waals surface area contributed by atoms with Crippen LogP contribution in [-0.4, -0.2) is 48.3 Å². The van der Waals surface area contributed by atoms with Crippen LogP contribution in [0.4, 0.5) is 4.79 Å². The molecule has 6 nitrogen and oxygen atoms in total. The fourth-order valence-corrected chi connectivity index (χ4v) is 5.38. The van der Waals surface area contributed by atoms with E-state index >= 15 is 0 Å². The zero-order valence-electron chi connectivity index (χ0n) is 17.5. The van der Waals surface area contributed by atoms with Crippen molar-refractivity contribution in [1.82, 2.24) is 15.2 Å². The Labute approximate surface area is 181 Å². The van der Waals surface area contributed by atoms with Crippen LogP contribution in [0.5, 0.6) is 5.75 Å². The number of hydrogen-bond acceptors (Lipinski definition) is 4. The molecule has 0 radical (unpaired) electrons. The molecule has 0 aliphatic carbocycles. The van der Waals surface area contributed by atoms with Crippen molar-refractivity contribution < 1.29 is 14.3 Å². The Kier molecular flexibility index (Phi) is 4.60. The largest absolute Gasteiger partial charge is 0.493 e. The van der Waals surface area contributed by atoms with Crippen LogP contribution >= 0.6 is 0 Å². The van der Waals surface area contributed by atoms with Gasteiger partial charge in [-0.25, -0.2) is 4.79 Å². The topological polar surface area (TPSA) is 66.6 Å². The monoisotopic (exact) mass is 417 g/mol. The van der Waals surface area contributed by atoms with Gasteiger partial charge in [0.25, 0.3) is 0 Å². The summed E-state index contributed by atoms with van der Waals surface area (Å²) >= 11 is 0. The Morgan fingerprint density at radius 3 is 2.84 bits per heavy atom. The van der Waals surface area contributed by atoms with Crippen molar-refractivity contribution in [3.8, 4) is 16.9 Å². The van der Waals surface area contributed by atoms with Crippen LogP contribution in [0, 0.1) is 5.92 Å². The second kappa shape index (κ2) is 7.61. The van der Waals surface area contributed by atoms with Crippen molar-refractivity contribution in [1.29, 1.82) is 0 Å². The van der Waals surface area contributed by atoms with Gasteiger partial charge in [-0.15, -0.1) is 0 Å². The smallest absolute Gasteiger partial charge is 0.407 e. The van der Waals surface area contributed by atoms with Crippen LogP contribution in [0.3, 0.4) is 0 Å². The van der Waals surface area contributed by atoms with E-state index < -0.39 is 0 Å². The summed E-state index contributed by atoms with van der Waals surface area (Å²) in [5.74, 6) is 1.35. The number of nitrogens with zero attached hydrogens (tertiary/aromatic N) is 1. The Bertz CT molecular complexity index is 1120. The molecule has 3 aromatic rings. The minimum atomic E-state index is -0.308. The van der Waals surface area contributed by atoms with Gasteiger partial charge in [0.2, 0.25) is 0 Å². The highest BCUT2D eigenvalue weighted by atomic mass is 16.6. The normalized spacial score (nSPS) is 26.8. The number of nitrogens with one attached hydrogen (secondary N) is 2. The standard InChI is InChI=1S/C25H27N3O3/c29-25(31-24-15-28-10-7-16(24)8-11-28)27-22-9-12-30-23-13-17(5-6-19(22)23)20-14-26-21-4-2-1-3-18(20)21/h1-6,13-14,16,22,24,26H,7-12,15H2,(H,27,29)/t22?,24-/m1/s1. The van der Waals surface area contributed by atoms with Crippen molar-refractivity contribution >= 4 is 17.0 Å². The summed E-state index contributed by atoms with van der Waals surface area (Å²) in [5, 5.41) is 4.29. The fraction of sp³-hybridized carbons (Fsp3) is 0.400. The first-order chi connectivity index (χ1) is 15.2. The molecule has 3 saturated heterocycles. The van der Waals surface area contributed by atoms with Crippen LogP contribution in [-0.2, 0) is 4.74 Å². The molecule has 31 heavy (non-hydrogen) atoms. The lowest BCUT2D eigenvalue weighted by atomic mass is 9.86. The molecule has 2 atom stereocenters. The first-order valence-electron chi connectivity index (χ1n) is 11.3. The van der Waals surface area contributed by atoms with E-state index in [1.165, 1.54) is 5.39 Å². The molecule has 4 aliphatic heterocycles. The number of amides is 1. The van der Waals surface area contributed by atoms with E-state index in [1.54, 1.807) is 0 Å². The molecular weight excluding hydrogens is 390 g/mol. The second-order valence-electron chi connectivity index (χ2n) is 8.92. The lowest BCUT2D eigenvalue weighted by Crippen LogP contribution is -2.52. The molecule has 2 aromatic carbocycles. The minimum Gasteiger partial charge on any atom is -0.493 e. The molecule has 6 heteroatoms. The third-order valence-electron chi connectivity index (χ3n) is 7.10. The van der Waals surface area contributed by atoms with Crippen molar-refractivity contribution in [2.24, 2.45) is 5.92 Å². The maximum atomic E-state index is 12.7. The number of H-pyrrole nitrogens is 1. The number of carbonyl (C=O) groups excluding carboxylic acids is 1. The summed E-state index contributed by atoms with van der Waals surface area (Å²) in [4.78, 5) is 18.4. The van der Waals surface area contributed by atoms with E-state index in [2.05, 4.69) is 51.6 Å². The maximum absolute atomic E-state index is 12.7. The number of rotatable bonds is 3. The van der Waals surface area contributed by atoms with Gasteiger partial charge in [-0.3, -0.25) is 4.90 Å². The molecule has 3 fully saturated rings. The number of benzene rings is 2. The highest BCUT2D eigenvalue weighted by Crippen LogP contribution is 2.38. The molecule has 0 saturated carbocycles. The Hall–Kier alpha value is -2.99. The molecule has 5 heterocycles. The predicted octanol–water partition coefficient (Wildman–Crippen LogP) is 4.48. The second-order valence-corrected chi connectivity index (χ2v) is 8.92. The first kappa shape index (κ1) is 18.8. The number of alkyl carbamates (subject to hydrolysis) is 1. The zero-order valence-corrected chi connectivity index (χ0v) is 17.5. The average Bonchev–Trinajstić information content (AvgIpc) is 3.24. The maximum Gasteiger partial charge on any atom is 0.407 e. The lowest BCUT2D eigenvalue weighted by Gasteiger charge is -2.44. The van der Waals surface area contributed by atoms with E-state index in [0.717, 1.165) is 66.9 Å². The summed E-state index contributed by atoms with van der Waals surface area (Å²) in [6.07, 6.45) is 4.76. The van der Waals surface area contributed by atoms with Crippen LogP contribution < -0.4 is 10.1 Å². The van der Waals surface area contributed by atoms with E-state index in [1.807, 2.05) is 12.3 Å². The van der Waals surface area contributed by atoms with Crippen molar-refractivity contribution in [2.75, 3.05) is 26.2 Å². The van der Waals surface area contributed by atoms with Gasteiger partial charge in [0.05, 0.1) is 12.6 Å². The van der Waals surface area contributed by atoms with Crippen molar-refractivity contribution in [3.63, 3.8) is 0 Å². The first-order valence-corrected chi connectivity index (χ1v) is 11.3. The number of aromatic amines is 1. The van der Waals surface area contributed by atoms with Crippen LogP contribution in [0.1, 0.15) is 30.9 Å². The summed E-state index contributed by atoms with van der Waals surface area (Å²) in [6.45, 7) is 3.72. The van der Waals surface area contributed by atoms with Gasteiger partial charge in [0.15, 0.2) is 0 Å². The number of fused-ring (bicyclic) bond motifs is 5. The van der Waals surface area contributed by atoms with Gasteiger partial charge in [-0.2, -0.15) is 0 Å². The van der Waals surface area contributed by atoms with Gasteiger partial charge in [0.1, 0.15) is 11.9 Å². The van der Waals surface area contributed by atoms with Gasteiger partial charge in [0, 0.05) is 41.2 Å². The van der Waals surface area contributed by atoms with Crippen LogP contribution in [0.2, 0.25) is 0 Å². The van der Waals surface area contributed by atoms with E-state index in [0.29, 0.717) is 12.5 Å². The van der Waals surface area contributed by atoms with Gasteiger partial charge >= 0.3 is 6.09 Å². The summed E-state index contributed by atoms with van der Waals surface area (Å²) < 4.78 is 11.8. The minimum absolute atomic E-state index is 0.0195. The summed E-state index contributed by atoms with van der Waals surface area (Å²) in [7, 11) is 0. The average molecular weight is 418 g/mol. The third-order valence-corrected chi connectivity index (χ3v) is 7.10. The van der Waals surface area contributed by atoms with Crippen LogP contribution in [0.25, 0.3) is 22.0 Å². The molecule has 1 unspecified atom stereocenters. The fourth-order valence-electron chi connectivity index (χ4n) is 5.38. The molecule has 2 bridgehead atoms. The molecular formula is C25H27N3O3. The molecule has 0 spiro atoms. The van der Waals surface area contributed by atoms with Crippen LogP contribution in [0.15, 0.2) is 48.7 Å². The molecule has 1 amide bonds. The molecule has 2 N–H and O–H groups in total. The van der Waals surface area contributed by atoms with Crippen molar-refractivity contribution in [2.45, 2.75) is 31.4 Å². The lowest BCUT2D eigenvalue weighted by molar-refractivity contribution is -0.0342. The quantitative estimate of drug-likeness (QED) is 0.660. The number of carbonyl (C=O) groups is 1. The summed E-state index contributed by atoms with van der Waals surface area (Å²) in [5.41, 5.74) is 4.39. The highest BCUT2D eigenvalue weighted by molar-refractivity contribution is 5.95. The Morgan fingerprint density at radius 1 is 1.13 bits per heavy atom. The Morgan fingerprint density at radius 2 is 2.00 bits per heavy atom. The van der Waals surface area contributed by atoms with E-state index in [9.17, 15) is 4.79 Å². The number of para-hydroxylation sites is 1.